The zero-order valence-corrected chi connectivity index (χ0v) is 16.3. The van der Waals surface area contributed by atoms with Gasteiger partial charge in [-0.05, 0) is 36.1 Å². The number of fused-ring (bicyclic) bond motifs is 1. The van der Waals surface area contributed by atoms with Crippen LogP contribution in [0.4, 0.5) is 0 Å². The molecule has 144 valence electrons. The van der Waals surface area contributed by atoms with E-state index >= 15 is 0 Å². The number of hydrogen-bond acceptors (Lipinski definition) is 4. The van der Waals surface area contributed by atoms with E-state index in [4.69, 9.17) is 27.9 Å². The van der Waals surface area contributed by atoms with Crippen molar-refractivity contribution in [2.45, 2.75) is 12.8 Å². The summed E-state index contributed by atoms with van der Waals surface area (Å²) in [6.07, 6.45) is 2.18. The average Bonchev–Trinajstić information content (AvgIpc) is 2.70. The number of benzene rings is 2. The molecule has 0 radical (unpaired) electrons. The molecule has 6 nitrogen and oxygen atoms in total. The average molecular weight is 418 g/mol. The summed E-state index contributed by atoms with van der Waals surface area (Å²) >= 11 is 11.8. The first-order valence-corrected chi connectivity index (χ1v) is 9.31. The minimum atomic E-state index is -0.477. The Morgan fingerprint density at radius 3 is 2.68 bits per heavy atom. The Bertz CT molecular complexity index is 1010. The van der Waals surface area contributed by atoms with Gasteiger partial charge in [-0.15, -0.1) is 0 Å². The Hall–Kier alpha value is -2.83. The van der Waals surface area contributed by atoms with E-state index in [1.807, 2.05) is 24.3 Å². The summed E-state index contributed by atoms with van der Waals surface area (Å²) < 4.78 is 5.52. The molecule has 0 aliphatic heterocycles. The fourth-order valence-corrected chi connectivity index (χ4v) is 3.02. The molecule has 28 heavy (non-hydrogen) atoms. The molecular formula is C20H17Cl2N3O3. The Labute approximate surface area is 171 Å². The van der Waals surface area contributed by atoms with E-state index in [1.54, 1.807) is 30.5 Å². The van der Waals surface area contributed by atoms with Gasteiger partial charge in [0.2, 0.25) is 5.91 Å². The number of nitrogens with zero attached hydrogens (tertiary/aromatic N) is 1. The summed E-state index contributed by atoms with van der Waals surface area (Å²) in [5.41, 5.74) is 5.02. The zero-order valence-electron chi connectivity index (χ0n) is 14.7. The molecular weight excluding hydrogens is 401 g/mol. The van der Waals surface area contributed by atoms with Crippen LogP contribution in [0.1, 0.15) is 23.3 Å². The van der Waals surface area contributed by atoms with Gasteiger partial charge in [-0.2, -0.15) is 0 Å². The number of hydrazine groups is 1. The molecule has 3 rings (SSSR count). The topological polar surface area (TPSA) is 80.3 Å². The van der Waals surface area contributed by atoms with E-state index in [1.165, 1.54) is 0 Å². The number of carbonyl (C=O) groups excluding carboxylic acids is 2. The van der Waals surface area contributed by atoms with Gasteiger partial charge in [0.25, 0.3) is 5.91 Å². The van der Waals surface area contributed by atoms with Crippen molar-refractivity contribution < 1.29 is 14.3 Å². The first-order valence-electron chi connectivity index (χ1n) is 8.55. The molecule has 1 heterocycles. The first kappa shape index (κ1) is 19.9. The lowest BCUT2D eigenvalue weighted by molar-refractivity contribution is -0.122. The highest BCUT2D eigenvalue weighted by atomic mass is 35.5. The Morgan fingerprint density at radius 2 is 1.86 bits per heavy atom. The van der Waals surface area contributed by atoms with E-state index in [0.717, 1.165) is 5.39 Å². The van der Waals surface area contributed by atoms with Gasteiger partial charge in [-0.1, -0.05) is 47.5 Å². The number of aromatic nitrogens is 1. The molecule has 0 aliphatic carbocycles. The van der Waals surface area contributed by atoms with E-state index < -0.39 is 5.91 Å². The summed E-state index contributed by atoms with van der Waals surface area (Å²) in [6, 6.07) is 14.1. The fraction of sp³-hybridized carbons (Fsp3) is 0.150. The molecule has 0 saturated carbocycles. The van der Waals surface area contributed by atoms with Gasteiger partial charge in [-0.25, -0.2) is 0 Å². The van der Waals surface area contributed by atoms with E-state index in [2.05, 4.69) is 15.8 Å². The highest BCUT2D eigenvalue weighted by Crippen LogP contribution is 2.27. The van der Waals surface area contributed by atoms with Gasteiger partial charge in [0.15, 0.2) is 0 Å². The normalized spacial score (nSPS) is 10.5. The molecule has 2 aromatic carbocycles. The molecule has 1 aromatic heterocycles. The fourth-order valence-electron chi connectivity index (χ4n) is 2.56. The lowest BCUT2D eigenvalue weighted by Gasteiger charge is -2.10. The van der Waals surface area contributed by atoms with Crippen LogP contribution in [0, 0.1) is 0 Å². The number of halogens is 2. The lowest BCUT2D eigenvalue weighted by Crippen LogP contribution is -2.42. The molecule has 0 bridgehead atoms. The van der Waals surface area contributed by atoms with Gasteiger partial charge < -0.3 is 4.74 Å². The number of pyridine rings is 1. The molecule has 0 fully saturated rings. The van der Waals surface area contributed by atoms with Crippen LogP contribution >= 0.6 is 23.2 Å². The van der Waals surface area contributed by atoms with E-state index in [0.29, 0.717) is 34.2 Å². The van der Waals surface area contributed by atoms with Crippen molar-refractivity contribution in [3.63, 3.8) is 0 Å². The molecule has 0 saturated heterocycles. The van der Waals surface area contributed by atoms with E-state index in [9.17, 15) is 9.59 Å². The second-order valence-corrected chi connectivity index (χ2v) is 6.75. The van der Waals surface area contributed by atoms with Crippen molar-refractivity contribution in [1.82, 2.24) is 15.8 Å². The molecule has 8 heteroatoms. The molecule has 2 amide bonds. The molecule has 3 aromatic rings. The first-order chi connectivity index (χ1) is 13.5. The van der Waals surface area contributed by atoms with Crippen molar-refractivity contribution in [3.8, 4) is 5.75 Å². The number of nitrogens with one attached hydrogen (secondary N) is 2. The summed E-state index contributed by atoms with van der Waals surface area (Å²) in [5.74, 6) is -0.310. The third-order valence-electron chi connectivity index (χ3n) is 3.90. The molecule has 0 spiro atoms. The maximum absolute atomic E-state index is 12.3. The van der Waals surface area contributed by atoms with Crippen molar-refractivity contribution >= 4 is 45.8 Å². The summed E-state index contributed by atoms with van der Waals surface area (Å²) in [5, 5.41) is 2.54. The number of rotatable bonds is 6. The highest BCUT2D eigenvalue weighted by molar-refractivity contribution is 6.35. The van der Waals surface area contributed by atoms with Gasteiger partial charge in [-0.3, -0.25) is 25.4 Å². The summed E-state index contributed by atoms with van der Waals surface area (Å²) in [6.45, 7) is 0.299. The molecule has 0 unspecified atom stereocenters. The zero-order chi connectivity index (χ0) is 19.9. The SMILES string of the molecule is O=C(CCCOc1ccc(Cl)cc1Cl)NNC(=O)c1nccc2ccccc12. The number of amides is 2. The number of carbonyl (C=O) groups is 2. The predicted octanol–water partition coefficient (Wildman–Crippen LogP) is 4.16. The molecule has 0 atom stereocenters. The van der Waals surface area contributed by atoms with Gasteiger partial charge in [0, 0.05) is 23.0 Å². The smallest absolute Gasteiger partial charge is 0.288 e. The maximum atomic E-state index is 12.3. The summed E-state index contributed by atoms with van der Waals surface area (Å²) in [4.78, 5) is 28.3. The predicted molar refractivity (Wildman–Crippen MR) is 109 cm³/mol. The second kappa shape index (κ2) is 9.39. The minimum absolute atomic E-state index is 0.175. The van der Waals surface area contributed by atoms with Crippen LogP contribution in [0.25, 0.3) is 10.8 Å². The standard InChI is InChI=1S/C20H17Cl2N3O3/c21-14-7-8-17(16(22)12-14)28-11-3-6-18(26)24-25-20(27)19-15-5-2-1-4-13(15)9-10-23-19/h1-2,4-5,7-10,12H,3,6,11H2,(H,24,26)(H,25,27). The Kier molecular flexibility index (Phi) is 6.68. The van der Waals surface area contributed by atoms with Crippen LogP contribution in [0.3, 0.4) is 0 Å². The maximum Gasteiger partial charge on any atom is 0.288 e. The van der Waals surface area contributed by atoms with Crippen molar-refractivity contribution in [2.75, 3.05) is 6.61 Å². The van der Waals surface area contributed by atoms with Crippen LogP contribution in [-0.2, 0) is 4.79 Å². The highest BCUT2D eigenvalue weighted by Gasteiger charge is 2.12. The minimum Gasteiger partial charge on any atom is -0.492 e. The van der Waals surface area contributed by atoms with Gasteiger partial charge >= 0.3 is 0 Å². The van der Waals surface area contributed by atoms with Crippen LogP contribution in [-0.4, -0.2) is 23.4 Å². The van der Waals surface area contributed by atoms with Crippen LogP contribution in [0.15, 0.2) is 54.7 Å². The van der Waals surface area contributed by atoms with Crippen molar-refractivity contribution in [2.24, 2.45) is 0 Å². The number of ether oxygens (including phenoxy) is 1. The van der Waals surface area contributed by atoms with Crippen molar-refractivity contribution in [1.29, 1.82) is 0 Å². The third-order valence-corrected chi connectivity index (χ3v) is 4.43. The van der Waals surface area contributed by atoms with E-state index in [-0.39, 0.29) is 18.0 Å². The quantitative estimate of drug-likeness (QED) is 0.465. The molecule has 0 aliphatic rings. The largest absolute Gasteiger partial charge is 0.492 e. The van der Waals surface area contributed by atoms with Gasteiger partial charge in [0.05, 0.1) is 11.6 Å². The van der Waals surface area contributed by atoms with Crippen LogP contribution in [0.2, 0.25) is 10.0 Å². The van der Waals surface area contributed by atoms with Crippen molar-refractivity contribution in [3.05, 3.63) is 70.5 Å². The van der Waals surface area contributed by atoms with Gasteiger partial charge in [0.1, 0.15) is 11.4 Å². The van der Waals surface area contributed by atoms with Crippen LogP contribution in [0.5, 0.6) is 5.75 Å². The Balaban J connectivity index is 1.44. The number of hydrogen-bond donors (Lipinski definition) is 2. The van der Waals surface area contributed by atoms with Crippen LogP contribution < -0.4 is 15.6 Å². The second-order valence-electron chi connectivity index (χ2n) is 5.91. The third kappa shape index (κ3) is 5.12. The lowest BCUT2D eigenvalue weighted by atomic mass is 10.1. The summed E-state index contributed by atoms with van der Waals surface area (Å²) in [7, 11) is 0. The monoisotopic (exact) mass is 417 g/mol. The molecule has 2 N–H and O–H groups in total. The Morgan fingerprint density at radius 1 is 1.04 bits per heavy atom.